The van der Waals surface area contributed by atoms with E-state index in [1.807, 2.05) is 0 Å². The van der Waals surface area contributed by atoms with E-state index in [0.717, 1.165) is 0 Å². The molecule has 0 saturated carbocycles. The maximum atomic E-state index is 11.2. The van der Waals surface area contributed by atoms with Crippen LogP contribution in [0.4, 0.5) is 0 Å². The molecular weight excluding hydrogens is 223 g/mol. The van der Waals surface area contributed by atoms with E-state index in [2.05, 4.69) is 25.2 Å². The first-order valence-corrected chi connectivity index (χ1v) is 5.26. The van der Waals surface area contributed by atoms with E-state index in [0.29, 0.717) is 5.33 Å². The summed E-state index contributed by atoms with van der Waals surface area (Å²) in [6, 6.07) is 0. The van der Waals surface area contributed by atoms with Crippen LogP contribution < -0.4 is 11.8 Å². The molecule has 5 nitrogen and oxygen atoms in total. The van der Waals surface area contributed by atoms with E-state index < -0.39 is 7.60 Å². The lowest BCUT2D eigenvalue weighted by Gasteiger charge is -2.16. The van der Waals surface area contributed by atoms with Crippen molar-refractivity contribution in [1.82, 2.24) is 0 Å². The summed E-state index contributed by atoms with van der Waals surface area (Å²) < 4.78 is 19.4. The summed E-state index contributed by atoms with van der Waals surface area (Å²) >= 11 is 3.09. The first kappa shape index (κ1) is 10.6. The van der Waals surface area contributed by atoms with E-state index in [4.69, 9.17) is 11.8 Å². The van der Waals surface area contributed by atoms with Gasteiger partial charge in [0.1, 0.15) is 0 Å². The Morgan fingerprint density at radius 1 is 1.60 bits per heavy atom. The highest BCUT2D eigenvalue weighted by atomic mass is 79.9. The Hall–Kier alpha value is 0.550. The van der Waals surface area contributed by atoms with Crippen LogP contribution in [0.3, 0.4) is 0 Å². The smallest absolute Gasteiger partial charge is 0.257 e. The zero-order valence-electron chi connectivity index (χ0n) is 5.49. The number of rotatable bonds is 4. The van der Waals surface area contributed by atoms with Gasteiger partial charge in [0, 0.05) is 5.33 Å². The number of halogens is 1. The number of alkyl halides is 1. The second kappa shape index (κ2) is 4.43. The third kappa shape index (κ3) is 2.30. The lowest BCUT2D eigenvalue weighted by molar-refractivity contribution is 0.206. The molecule has 62 valence electrons. The Kier molecular flexibility index (Phi) is 4.68. The largest absolute Gasteiger partial charge is 0.366 e. The quantitative estimate of drug-likeness (QED) is 0.424. The van der Waals surface area contributed by atoms with Crippen LogP contribution in [0.5, 0.6) is 0 Å². The fourth-order valence-electron chi connectivity index (χ4n) is 0.317. The summed E-state index contributed by atoms with van der Waals surface area (Å²) in [5.41, 5.74) is -0.345. The highest BCUT2D eigenvalue weighted by molar-refractivity contribution is 9.09. The molecule has 7 heteroatoms. The van der Waals surface area contributed by atoms with Crippen molar-refractivity contribution in [3.05, 3.63) is 0 Å². The molecule has 0 fully saturated rings. The lowest BCUT2D eigenvalue weighted by Crippen LogP contribution is -2.15. The normalized spacial score (nSPS) is 15.2. The zero-order chi connectivity index (χ0) is 8.20. The van der Waals surface area contributed by atoms with Gasteiger partial charge in [0.2, 0.25) is 0 Å². The first-order valence-electron chi connectivity index (χ1n) is 2.53. The minimum atomic E-state index is -3.26. The minimum Gasteiger partial charge on any atom is -0.257 e. The van der Waals surface area contributed by atoms with Crippen LogP contribution >= 0.6 is 23.5 Å². The Labute approximate surface area is 67.6 Å². The summed E-state index contributed by atoms with van der Waals surface area (Å²) in [6.45, 7) is 1.65. The number of hydrogen-bond acceptors (Lipinski definition) is 5. The molecule has 4 N–H and O–H groups in total. The molecular formula is C3H10BrN2O3P. The van der Waals surface area contributed by atoms with Crippen molar-refractivity contribution in [1.29, 1.82) is 0 Å². The van der Waals surface area contributed by atoms with Crippen molar-refractivity contribution in [3.8, 4) is 0 Å². The van der Waals surface area contributed by atoms with Crippen LogP contribution in [-0.4, -0.2) is 11.0 Å². The van der Waals surface area contributed by atoms with Gasteiger partial charge in [0.25, 0.3) is 0 Å². The molecule has 0 saturated heterocycles. The van der Waals surface area contributed by atoms with Gasteiger partial charge >= 0.3 is 7.60 Å². The van der Waals surface area contributed by atoms with Gasteiger partial charge in [-0.15, -0.1) is 0 Å². The van der Waals surface area contributed by atoms with Crippen molar-refractivity contribution < 1.29 is 13.8 Å². The molecule has 0 radical (unpaired) electrons. The van der Waals surface area contributed by atoms with E-state index in [-0.39, 0.29) is 5.66 Å². The maximum absolute atomic E-state index is 11.2. The average Bonchev–Trinajstić information content (AvgIpc) is 2.01. The SMILES string of the molecule is CC(CBr)P(=O)(ON)ON. The Bertz CT molecular complexity index is 136. The summed E-state index contributed by atoms with van der Waals surface area (Å²) in [5, 5.41) is 0.457. The Morgan fingerprint density at radius 2 is 2.00 bits per heavy atom. The number of hydrogen-bond donors (Lipinski definition) is 2. The molecule has 0 aromatic rings. The van der Waals surface area contributed by atoms with Crippen molar-refractivity contribution >= 4 is 23.5 Å². The molecule has 0 heterocycles. The van der Waals surface area contributed by atoms with Gasteiger partial charge in [0.15, 0.2) is 0 Å². The fraction of sp³-hybridized carbons (Fsp3) is 1.00. The highest BCUT2D eigenvalue weighted by Gasteiger charge is 2.30. The Balaban J connectivity index is 4.18. The summed E-state index contributed by atoms with van der Waals surface area (Å²) in [7, 11) is -3.26. The van der Waals surface area contributed by atoms with E-state index in [1.165, 1.54) is 0 Å². The molecule has 0 aliphatic carbocycles. The van der Waals surface area contributed by atoms with Crippen LogP contribution in [0.1, 0.15) is 6.92 Å². The van der Waals surface area contributed by atoms with Crippen molar-refractivity contribution in [3.63, 3.8) is 0 Å². The van der Waals surface area contributed by atoms with Gasteiger partial charge in [-0.05, 0) is 0 Å². The maximum Gasteiger partial charge on any atom is 0.366 e. The van der Waals surface area contributed by atoms with Crippen LogP contribution in [0, 0.1) is 0 Å². The zero-order valence-corrected chi connectivity index (χ0v) is 7.97. The van der Waals surface area contributed by atoms with Crippen LogP contribution in [0.25, 0.3) is 0 Å². The fourth-order valence-corrected chi connectivity index (χ4v) is 2.02. The second-order valence-electron chi connectivity index (χ2n) is 1.75. The van der Waals surface area contributed by atoms with Gasteiger partial charge < -0.3 is 0 Å². The Morgan fingerprint density at radius 3 is 2.10 bits per heavy atom. The van der Waals surface area contributed by atoms with E-state index in [1.54, 1.807) is 6.92 Å². The number of nitrogens with two attached hydrogens (primary N) is 2. The molecule has 1 unspecified atom stereocenters. The average molecular weight is 233 g/mol. The predicted octanol–water partition coefficient (Wildman–Crippen LogP) is 0.744. The van der Waals surface area contributed by atoms with Gasteiger partial charge in [-0.3, -0.25) is 4.57 Å². The highest BCUT2D eigenvalue weighted by Crippen LogP contribution is 2.49. The van der Waals surface area contributed by atoms with Crippen LogP contribution in [-0.2, 0) is 13.8 Å². The van der Waals surface area contributed by atoms with E-state index >= 15 is 0 Å². The third-order valence-corrected chi connectivity index (χ3v) is 4.38. The van der Waals surface area contributed by atoms with Gasteiger partial charge in [-0.1, -0.05) is 22.9 Å². The topological polar surface area (TPSA) is 87.6 Å². The molecule has 0 aromatic carbocycles. The molecule has 0 amide bonds. The third-order valence-electron chi connectivity index (χ3n) is 1.06. The molecule has 10 heavy (non-hydrogen) atoms. The van der Waals surface area contributed by atoms with Crippen molar-refractivity contribution in [2.75, 3.05) is 5.33 Å². The van der Waals surface area contributed by atoms with Crippen molar-refractivity contribution in [2.45, 2.75) is 12.6 Å². The molecule has 1 atom stereocenters. The second-order valence-corrected chi connectivity index (χ2v) is 4.78. The summed E-state index contributed by atoms with van der Waals surface area (Å²) in [6.07, 6.45) is 0. The standard InChI is InChI=1S/C3H10BrN2O3P/c1-3(2-4)10(7,8-5)9-6/h3H,2,5-6H2,1H3. The van der Waals surface area contributed by atoms with Crippen molar-refractivity contribution in [2.24, 2.45) is 11.8 Å². The van der Waals surface area contributed by atoms with Gasteiger partial charge in [-0.2, -0.15) is 0 Å². The summed E-state index contributed by atoms with van der Waals surface area (Å²) in [4.78, 5) is 0. The minimum absolute atomic E-state index is 0.345. The molecule has 0 aromatic heterocycles. The van der Waals surface area contributed by atoms with Crippen LogP contribution in [0.15, 0.2) is 0 Å². The van der Waals surface area contributed by atoms with Gasteiger partial charge in [-0.25, -0.2) is 21.0 Å². The molecule has 0 bridgehead atoms. The molecule has 0 rings (SSSR count). The molecule has 0 aliphatic heterocycles. The van der Waals surface area contributed by atoms with Gasteiger partial charge in [0.05, 0.1) is 5.66 Å². The monoisotopic (exact) mass is 232 g/mol. The molecule has 0 spiro atoms. The molecule has 0 aliphatic rings. The summed E-state index contributed by atoms with van der Waals surface area (Å²) in [5.74, 6) is 9.41. The first-order chi connectivity index (χ1) is 4.60. The predicted molar refractivity (Wildman–Crippen MR) is 41.4 cm³/mol. The van der Waals surface area contributed by atoms with Crippen LogP contribution in [0.2, 0.25) is 0 Å². The van der Waals surface area contributed by atoms with E-state index in [9.17, 15) is 4.57 Å². The lowest BCUT2D eigenvalue weighted by atomic mass is 10.6.